The van der Waals surface area contributed by atoms with Gasteiger partial charge in [-0.3, -0.25) is 9.36 Å². The Hall–Kier alpha value is -3.06. The quantitative estimate of drug-likeness (QED) is 0.415. The van der Waals surface area contributed by atoms with Crippen LogP contribution in [0.25, 0.3) is 11.4 Å². The van der Waals surface area contributed by atoms with Crippen molar-refractivity contribution in [2.45, 2.75) is 17.0 Å². The molecular weight excluding hydrogens is 384 g/mol. The lowest BCUT2D eigenvalue weighted by Crippen LogP contribution is -2.27. The maximum Gasteiger partial charge on any atom is 0.240 e. The van der Waals surface area contributed by atoms with E-state index in [2.05, 4.69) is 16.8 Å². The number of nitrogens with zero attached hydrogens (tertiary/aromatic N) is 4. The fourth-order valence-electron chi connectivity index (χ4n) is 2.85. The van der Waals surface area contributed by atoms with E-state index in [4.69, 9.17) is 4.74 Å². The number of carbonyl (C=O) groups excluding carboxylic acids is 1. The number of ether oxygens (including phenoxy) is 1. The number of allylic oxidation sites excluding steroid dienone is 1. The average molecular weight is 409 g/mol. The fraction of sp³-hybridized carbons (Fsp3) is 0.227. The minimum Gasteiger partial charge on any atom is -0.497 e. The Morgan fingerprint density at radius 1 is 1.17 bits per heavy atom. The summed E-state index contributed by atoms with van der Waals surface area (Å²) in [7, 11) is 5.15. The van der Waals surface area contributed by atoms with Gasteiger partial charge >= 0.3 is 0 Å². The molecule has 0 aliphatic heterocycles. The Morgan fingerprint density at radius 3 is 2.45 bits per heavy atom. The van der Waals surface area contributed by atoms with Crippen molar-refractivity contribution in [3.05, 3.63) is 72.8 Å². The third-order valence-corrected chi connectivity index (χ3v) is 5.59. The molecule has 3 aromatic rings. The monoisotopic (exact) mass is 408 g/mol. The Kier molecular flexibility index (Phi) is 6.72. The van der Waals surface area contributed by atoms with E-state index in [1.54, 1.807) is 32.2 Å². The lowest BCUT2D eigenvalue weighted by Gasteiger charge is -2.20. The summed E-state index contributed by atoms with van der Waals surface area (Å²) in [6.07, 6.45) is 1.80. The van der Waals surface area contributed by atoms with Gasteiger partial charge in [-0.1, -0.05) is 48.2 Å². The van der Waals surface area contributed by atoms with Gasteiger partial charge in [0.1, 0.15) is 11.0 Å². The first-order valence-corrected chi connectivity index (χ1v) is 10.0. The van der Waals surface area contributed by atoms with Crippen LogP contribution in [0, 0.1) is 0 Å². The first kappa shape index (κ1) is 20.7. The third kappa shape index (κ3) is 4.68. The second kappa shape index (κ2) is 9.43. The number of hydrogen-bond donors (Lipinski definition) is 0. The molecule has 0 unspecified atom stereocenters. The molecule has 0 saturated heterocycles. The summed E-state index contributed by atoms with van der Waals surface area (Å²) in [5.74, 6) is 1.50. The average Bonchev–Trinajstić information content (AvgIpc) is 3.14. The first-order valence-electron chi connectivity index (χ1n) is 9.16. The van der Waals surface area contributed by atoms with Crippen molar-refractivity contribution in [2.24, 2.45) is 0 Å². The van der Waals surface area contributed by atoms with E-state index >= 15 is 0 Å². The van der Waals surface area contributed by atoms with E-state index in [1.807, 2.05) is 59.2 Å². The van der Waals surface area contributed by atoms with Gasteiger partial charge in [0.15, 0.2) is 11.0 Å². The maximum absolute atomic E-state index is 12.9. The van der Waals surface area contributed by atoms with Gasteiger partial charge < -0.3 is 9.64 Å². The molecule has 0 fully saturated rings. The standard InChI is InChI=1S/C22H24N4O2S/c1-5-15-26-20(17-11-13-18(28-4)14-12-17)23-24-22(26)29-19(21(27)25(2)3)16-9-7-6-8-10-16/h5-14,19H,1,15H2,2-4H3/t19-/m1/s1. The zero-order valence-electron chi connectivity index (χ0n) is 16.8. The van der Waals surface area contributed by atoms with Crippen LogP contribution in [-0.4, -0.2) is 46.8 Å². The second-order valence-corrected chi connectivity index (χ2v) is 7.65. The van der Waals surface area contributed by atoms with E-state index in [9.17, 15) is 4.79 Å². The van der Waals surface area contributed by atoms with Crippen LogP contribution in [0.5, 0.6) is 5.75 Å². The van der Waals surface area contributed by atoms with Crippen LogP contribution < -0.4 is 4.74 Å². The Morgan fingerprint density at radius 2 is 1.86 bits per heavy atom. The molecule has 0 N–H and O–H groups in total. The number of benzene rings is 2. The third-order valence-electron chi connectivity index (χ3n) is 4.37. The van der Waals surface area contributed by atoms with Gasteiger partial charge in [0.05, 0.1) is 7.11 Å². The van der Waals surface area contributed by atoms with Crippen LogP contribution >= 0.6 is 11.8 Å². The van der Waals surface area contributed by atoms with Crippen molar-refractivity contribution in [1.82, 2.24) is 19.7 Å². The second-order valence-electron chi connectivity index (χ2n) is 6.58. The Labute approximate surface area is 175 Å². The van der Waals surface area contributed by atoms with Crippen molar-refractivity contribution in [2.75, 3.05) is 21.2 Å². The topological polar surface area (TPSA) is 60.2 Å². The van der Waals surface area contributed by atoms with Crippen LogP contribution in [0.4, 0.5) is 0 Å². The molecule has 150 valence electrons. The van der Waals surface area contributed by atoms with Crippen molar-refractivity contribution in [3.8, 4) is 17.1 Å². The zero-order chi connectivity index (χ0) is 20.8. The number of rotatable bonds is 8. The number of hydrogen-bond acceptors (Lipinski definition) is 5. The lowest BCUT2D eigenvalue weighted by molar-refractivity contribution is -0.128. The summed E-state index contributed by atoms with van der Waals surface area (Å²) >= 11 is 1.39. The van der Waals surface area contributed by atoms with Gasteiger partial charge in [0, 0.05) is 26.2 Å². The maximum atomic E-state index is 12.9. The van der Waals surface area contributed by atoms with Crippen molar-refractivity contribution >= 4 is 17.7 Å². The summed E-state index contributed by atoms with van der Waals surface area (Å²) in [6, 6.07) is 17.4. The molecule has 0 radical (unpaired) electrons. The molecule has 0 saturated carbocycles. The highest BCUT2D eigenvalue weighted by atomic mass is 32.2. The summed E-state index contributed by atoms with van der Waals surface area (Å²) in [5.41, 5.74) is 1.84. The highest BCUT2D eigenvalue weighted by molar-refractivity contribution is 8.00. The largest absolute Gasteiger partial charge is 0.497 e. The molecular formula is C22H24N4O2S. The van der Waals surface area contributed by atoms with Crippen LogP contribution in [-0.2, 0) is 11.3 Å². The smallest absolute Gasteiger partial charge is 0.240 e. The lowest BCUT2D eigenvalue weighted by atomic mass is 10.1. The van der Waals surface area contributed by atoms with Gasteiger partial charge in [-0.25, -0.2) is 0 Å². The summed E-state index contributed by atoms with van der Waals surface area (Å²) in [4.78, 5) is 14.5. The zero-order valence-corrected chi connectivity index (χ0v) is 17.6. The molecule has 3 rings (SSSR count). The van der Waals surface area contributed by atoms with Gasteiger partial charge in [-0.15, -0.1) is 16.8 Å². The number of likely N-dealkylation sites (N-methyl/N-ethyl adjacent to an activating group) is 1. The van der Waals surface area contributed by atoms with Crippen LogP contribution in [0.3, 0.4) is 0 Å². The van der Waals surface area contributed by atoms with E-state index in [0.717, 1.165) is 22.7 Å². The molecule has 1 atom stereocenters. The molecule has 2 aromatic carbocycles. The van der Waals surface area contributed by atoms with E-state index in [-0.39, 0.29) is 5.91 Å². The fourth-order valence-corrected chi connectivity index (χ4v) is 4.04. The summed E-state index contributed by atoms with van der Waals surface area (Å²) in [6.45, 7) is 4.39. The number of thioether (sulfide) groups is 1. The van der Waals surface area contributed by atoms with Gasteiger partial charge in [-0.2, -0.15) is 0 Å². The summed E-state index contributed by atoms with van der Waals surface area (Å²) < 4.78 is 7.20. The highest BCUT2D eigenvalue weighted by Crippen LogP contribution is 2.37. The SMILES string of the molecule is C=CCn1c(S[C@@H](C(=O)N(C)C)c2ccccc2)nnc1-c1ccc(OC)cc1. The molecule has 0 aliphatic carbocycles. The van der Waals surface area contributed by atoms with E-state index in [1.165, 1.54) is 11.8 Å². The number of methoxy groups -OCH3 is 1. The van der Waals surface area contributed by atoms with Gasteiger partial charge in [0.25, 0.3) is 0 Å². The molecule has 1 heterocycles. The molecule has 0 bridgehead atoms. The molecule has 6 nitrogen and oxygen atoms in total. The van der Waals surface area contributed by atoms with Crippen molar-refractivity contribution in [1.29, 1.82) is 0 Å². The normalized spacial score (nSPS) is 11.7. The number of aromatic nitrogens is 3. The predicted molar refractivity (Wildman–Crippen MR) is 116 cm³/mol. The van der Waals surface area contributed by atoms with Crippen molar-refractivity contribution < 1.29 is 9.53 Å². The van der Waals surface area contributed by atoms with Gasteiger partial charge in [-0.05, 0) is 29.8 Å². The molecule has 1 amide bonds. The highest BCUT2D eigenvalue weighted by Gasteiger charge is 2.27. The summed E-state index contributed by atoms with van der Waals surface area (Å²) in [5, 5.41) is 9.03. The van der Waals surface area contributed by atoms with Crippen molar-refractivity contribution in [3.63, 3.8) is 0 Å². The van der Waals surface area contributed by atoms with Crippen LogP contribution in [0.15, 0.2) is 72.4 Å². The Bertz CT molecular complexity index is 968. The van der Waals surface area contributed by atoms with E-state index < -0.39 is 5.25 Å². The molecule has 29 heavy (non-hydrogen) atoms. The number of carbonyl (C=O) groups is 1. The van der Waals surface area contributed by atoms with Crippen LogP contribution in [0.2, 0.25) is 0 Å². The Balaban J connectivity index is 1.99. The number of amides is 1. The molecule has 7 heteroatoms. The molecule has 0 spiro atoms. The minimum absolute atomic E-state index is 0.000325. The first-order chi connectivity index (χ1) is 14.0. The predicted octanol–water partition coefficient (Wildman–Crippen LogP) is 4.06. The minimum atomic E-state index is -0.414. The van der Waals surface area contributed by atoms with Gasteiger partial charge in [0.2, 0.25) is 5.91 Å². The van der Waals surface area contributed by atoms with E-state index in [0.29, 0.717) is 11.7 Å². The molecule has 0 aliphatic rings. The molecule has 1 aromatic heterocycles. The van der Waals surface area contributed by atoms with Crippen LogP contribution in [0.1, 0.15) is 10.8 Å².